The van der Waals surface area contributed by atoms with Crippen molar-refractivity contribution < 1.29 is 8.42 Å². The molecule has 19 heavy (non-hydrogen) atoms. The zero-order chi connectivity index (χ0) is 14.4. The highest BCUT2D eigenvalue weighted by molar-refractivity contribution is 7.91. The number of hydrogen-bond donors (Lipinski definition) is 1. The number of sulfonamides is 1. The summed E-state index contributed by atoms with van der Waals surface area (Å²) in [5.74, 6) is 0.396. The first-order valence-electron chi connectivity index (χ1n) is 6.35. The van der Waals surface area contributed by atoms with Gasteiger partial charge >= 0.3 is 0 Å². The Morgan fingerprint density at radius 3 is 2.47 bits per heavy atom. The molecule has 1 fully saturated rings. The third-order valence-electron chi connectivity index (χ3n) is 3.72. The minimum Gasteiger partial charge on any atom is -0.375 e. The zero-order valence-corrected chi connectivity index (χ0v) is 13.4. The fraction of sp³-hybridized carbons (Fsp3) is 0.750. The van der Waals surface area contributed by atoms with E-state index in [4.69, 9.17) is 5.73 Å². The lowest BCUT2D eigenvalue weighted by Gasteiger charge is -2.26. The maximum atomic E-state index is 12.6. The molecule has 1 aliphatic heterocycles. The predicted molar refractivity (Wildman–Crippen MR) is 77.6 cm³/mol. The molecular weight excluding hydrogens is 282 g/mol. The lowest BCUT2D eigenvalue weighted by atomic mass is 9.80. The fourth-order valence-corrected chi connectivity index (χ4v) is 5.35. The summed E-state index contributed by atoms with van der Waals surface area (Å²) in [6.45, 7) is 9.33. The third kappa shape index (κ3) is 2.78. The fourth-order valence-electron chi connectivity index (χ4n) is 2.41. The Balaban J connectivity index is 2.26. The van der Waals surface area contributed by atoms with Gasteiger partial charge in [-0.05, 0) is 24.7 Å². The van der Waals surface area contributed by atoms with Gasteiger partial charge in [0.25, 0.3) is 10.0 Å². The minimum atomic E-state index is -3.43. The number of aryl methyl sites for hydroxylation is 1. The Labute approximate surface area is 118 Å². The molecule has 2 rings (SSSR count). The van der Waals surface area contributed by atoms with Crippen molar-refractivity contribution in [1.29, 1.82) is 0 Å². The third-order valence-corrected chi connectivity index (χ3v) is 7.16. The number of aromatic nitrogens is 1. The molecule has 0 amide bonds. The smallest absolute Gasteiger partial charge is 0.254 e. The van der Waals surface area contributed by atoms with E-state index in [0.717, 1.165) is 17.8 Å². The van der Waals surface area contributed by atoms with E-state index in [2.05, 4.69) is 25.8 Å². The number of hydrogen-bond acceptors (Lipinski definition) is 5. The van der Waals surface area contributed by atoms with Crippen LogP contribution in [0.25, 0.3) is 0 Å². The summed E-state index contributed by atoms with van der Waals surface area (Å²) in [6, 6.07) is 0. The maximum absolute atomic E-state index is 12.6. The first-order valence-corrected chi connectivity index (χ1v) is 8.61. The number of anilines is 1. The highest BCUT2D eigenvalue weighted by atomic mass is 32.2. The molecule has 1 saturated heterocycles. The molecule has 1 atom stereocenters. The van der Waals surface area contributed by atoms with Crippen molar-refractivity contribution in [2.24, 2.45) is 11.3 Å². The number of nitrogens with two attached hydrogens (primary N) is 1. The molecule has 0 saturated carbocycles. The van der Waals surface area contributed by atoms with E-state index in [1.807, 2.05) is 0 Å². The molecule has 0 aromatic carbocycles. The predicted octanol–water partition coefficient (Wildman–Crippen LogP) is 2.09. The SMILES string of the molecule is Cc1nc(N)sc1S(=O)(=O)N1CCC(C(C)(C)C)C1. The van der Waals surface area contributed by atoms with Gasteiger partial charge in [-0.25, -0.2) is 13.4 Å². The molecule has 1 aliphatic rings. The zero-order valence-electron chi connectivity index (χ0n) is 11.8. The summed E-state index contributed by atoms with van der Waals surface area (Å²) in [6.07, 6.45) is 0.913. The second-order valence-corrected chi connectivity index (χ2v) is 9.30. The molecule has 0 aliphatic carbocycles. The highest BCUT2D eigenvalue weighted by Gasteiger charge is 2.39. The summed E-state index contributed by atoms with van der Waals surface area (Å²) in [4.78, 5) is 4.01. The van der Waals surface area contributed by atoms with Crippen LogP contribution in [0.1, 0.15) is 32.9 Å². The van der Waals surface area contributed by atoms with Crippen LogP contribution in [0.3, 0.4) is 0 Å². The van der Waals surface area contributed by atoms with Gasteiger partial charge in [0.2, 0.25) is 0 Å². The minimum absolute atomic E-state index is 0.131. The maximum Gasteiger partial charge on any atom is 0.254 e. The van der Waals surface area contributed by atoms with Gasteiger partial charge in [-0.3, -0.25) is 0 Å². The lowest BCUT2D eigenvalue weighted by molar-refractivity contribution is 0.252. The van der Waals surface area contributed by atoms with E-state index in [0.29, 0.717) is 34.0 Å². The van der Waals surface area contributed by atoms with Crippen molar-refractivity contribution in [3.8, 4) is 0 Å². The summed E-state index contributed by atoms with van der Waals surface area (Å²) in [7, 11) is -3.43. The molecule has 1 aromatic rings. The van der Waals surface area contributed by atoms with Crippen LogP contribution in [-0.4, -0.2) is 30.8 Å². The van der Waals surface area contributed by atoms with Crippen molar-refractivity contribution in [3.63, 3.8) is 0 Å². The molecule has 1 aromatic heterocycles. The average Bonchev–Trinajstić information content (AvgIpc) is 2.83. The van der Waals surface area contributed by atoms with Gasteiger partial charge in [0.15, 0.2) is 9.34 Å². The Kier molecular flexibility index (Phi) is 3.66. The standard InChI is InChI=1S/C12H21N3O2S2/c1-8-10(18-11(13)14-8)19(16,17)15-6-5-9(7-15)12(2,3)4/h9H,5-7H2,1-4H3,(H2,13,14). The van der Waals surface area contributed by atoms with Crippen LogP contribution < -0.4 is 5.73 Å². The van der Waals surface area contributed by atoms with Crippen molar-refractivity contribution in [3.05, 3.63) is 5.69 Å². The van der Waals surface area contributed by atoms with Gasteiger partial charge in [-0.15, -0.1) is 0 Å². The van der Waals surface area contributed by atoms with E-state index in [1.165, 1.54) is 0 Å². The Morgan fingerprint density at radius 1 is 1.42 bits per heavy atom. The molecule has 5 nitrogen and oxygen atoms in total. The molecule has 2 heterocycles. The second-order valence-electron chi connectivity index (χ2n) is 6.14. The van der Waals surface area contributed by atoms with Crippen LogP contribution in [0.5, 0.6) is 0 Å². The van der Waals surface area contributed by atoms with E-state index in [1.54, 1.807) is 11.2 Å². The Hall–Kier alpha value is -0.660. The quantitative estimate of drug-likeness (QED) is 0.907. The number of nitrogen functional groups attached to an aromatic ring is 1. The summed E-state index contributed by atoms with van der Waals surface area (Å²) in [5.41, 5.74) is 6.23. The normalized spacial score (nSPS) is 22.0. The topological polar surface area (TPSA) is 76.3 Å². The average molecular weight is 303 g/mol. The second kappa shape index (κ2) is 4.71. The van der Waals surface area contributed by atoms with Gasteiger partial charge in [0.05, 0.1) is 5.69 Å². The van der Waals surface area contributed by atoms with Gasteiger partial charge < -0.3 is 5.73 Å². The molecule has 2 N–H and O–H groups in total. The van der Waals surface area contributed by atoms with E-state index in [9.17, 15) is 8.42 Å². The number of rotatable bonds is 2. The van der Waals surface area contributed by atoms with E-state index >= 15 is 0 Å². The Bertz CT molecular complexity index is 572. The van der Waals surface area contributed by atoms with E-state index in [-0.39, 0.29) is 5.41 Å². The summed E-state index contributed by atoms with van der Waals surface area (Å²) >= 11 is 1.05. The van der Waals surface area contributed by atoms with Crippen LogP contribution in [0, 0.1) is 18.3 Å². The van der Waals surface area contributed by atoms with Crippen molar-refractivity contribution in [1.82, 2.24) is 9.29 Å². The number of thiazole rings is 1. The first-order chi connectivity index (χ1) is 8.62. The Morgan fingerprint density at radius 2 is 2.05 bits per heavy atom. The van der Waals surface area contributed by atoms with Crippen LogP contribution in [0.4, 0.5) is 5.13 Å². The number of nitrogens with zero attached hydrogens (tertiary/aromatic N) is 2. The van der Waals surface area contributed by atoms with Crippen molar-refractivity contribution in [2.45, 2.75) is 38.3 Å². The van der Waals surface area contributed by atoms with Gasteiger partial charge in [-0.2, -0.15) is 4.31 Å². The van der Waals surface area contributed by atoms with Gasteiger partial charge in [0.1, 0.15) is 0 Å². The monoisotopic (exact) mass is 303 g/mol. The lowest BCUT2D eigenvalue weighted by Crippen LogP contribution is -2.31. The van der Waals surface area contributed by atoms with Gasteiger partial charge in [0, 0.05) is 13.1 Å². The first kappa shape index (κ1) is 14.7. The molecular formula is C12H21N3O2S2. The molecule has 0 spiro atoms. The van der Waals surface area contributed by atoms with E-state index < -0.39 is 10.0 Å². The summed E-state index contributed by atoms with van der Waals surface area (Å²) < 4.78 is 27.0. The van der Waals surface area contributed by atoms with Crippen LogP contribution >= 0.6 is 11.3 Å². The molecule has 0 bridgehead atoms. The largest absolute Gasteiger partial charge is 0.375 e. The van der Waals surface area contributed by atoms with Crippen molar-refractivity contribution in [2.75, 3.05) is 18.8 Å². The van der Waals surface area contributed by atoms with Crippen LogP contribution in [-0.2, 0) is 10.0 Å². The van der Waals surface area contributed by atoms with Crippen LogP contribution in [0.2, 0.25) is 0 Å². The van der Waals surface area contributed by atoms with Crippen LogP contribution in [0.15, 0.2) is 4.21 Å². The molecule has 1 unspecified atom stereocenters. The highest BCUT2D eigenvalue weighted by Crippen LogP contribution is 2.37. The molecule has 108 valence electrons. The molecule has 7 heteroatoms. The summed E-state index contributed by atoms with van der Waals surface area (Å²) in [5, 5.41) is 0.308. The molecule has 0 radical (unpaired) electrons. The van der Waals surface area contributed by atoms with Gasteiger partial charge in [-0.1, -0.05) is 32.1 Å². The van der Waals surface area contributed by atoms with Crippen molar-refractivity contribution >= 4 is 26.5 Å².